The van der Waals surface area contributed by atoms with E-state index in [1.807, 2.05) is 28.3 Å². The van der Waals surface area contributed by atoms with Gasteiger partial charge in [0.05, 0.1) is 5.75 Å². The van der Waals surface area contributed by atoms with Gasteiger partial charge in [-0.05, 0) is 18.4 Å². The second kappa shape index (κ2) is 5.33. The van der Waals surface area contributed by atoms with E-state index in [9.17, 15) is 4.79 Å². The van der Waals surface area contributed by atoms with Crippen molar-refractivity contribution in [3.05, 3.63) is 16.8 Å². The van der Waals surface area contributed by atoms with Gasteiger partial charge >= 0.3 is 5.97 Å². The molecule has 0 saturated heterocycles. The van der Waals surface area contributed by atoms with Crippen molar-refractivity contribution < 1.29 is 9.90 Å². The summed E-state index contributed by atoms with van der Waals surface area (Å²) in [6.07, 6.45) is 0. The molecular formula is C10H11N3O2S2. The van der Waals surface area contributed by atoms with Crippen molar-refractivity contribution in [3.63, 3.8) is 0 Å². The third kappa shape index (κ3) is 2.67. The molecule has 0 aliphatic heterocycles. The number of thioether (sulfide) groups is 1. The van der Waals surface area contributed by atoms with Crippen LogP contribution in [0.5, 0.6) is 0 Å². The average molecular weight is 269 g/mol. The van der Waals surface area contributed by atoms with E-state index in [-0.39, 0.29) is 5.75 Å². The van der Waals surface area contributed by atoms with E-state index < -0.39 is 5.97 Å². The zero-order chi connectivity index (χ0) is 12.3. The van der Waals surface area contributed by atoms with E-state index >= 15 is 0 Å². The van der Waals surface area contributed by atoms with E-state index in [0.717, 1.165) is 17.9 Å². The van der Waals surface area contributed by atoms with Crippen molar-refractivity contribution in [2.75, 3.05) is 5.75 Å². The van der Waals surface area contributed by atoms with E-state index in [4.69, 9.17) is 5.11 Å². The number of rotatable bonds is 5. The van der Waals surface area contributed by atoms with Gasteiger partial charge in [0.25, 0.3) is 0 Å². The Hall–Kier alpha value is -1.34. The third-order valence-corrected chi connectivity index (χ3v) is 3.77. The highest BCUT2D eigenvalue weighted by molar-refractivity contribution is 7.99. The van der Waals surface area contributed by atoms with Gasteiger partial charge in [0.15, 0.2) is 11.0 Å². The number of hydrogen-bond donors (Lipinski definition) is 1. The first kappa shape index (κ1) is 12.1. The molecule has 2 aromatic rings. The number of nitrogens with zero attached hydrogens (tertiary/aromatic N) is 3. The Morgan fingerprint density at radius 2 is 2.41 bits per heavy atom. The summed E-state index contributed by atoms with van der Waals surface area (Å²) in [5, 5.41) is 21.4. The normalized spacial score (nSPS) is 10.6. The fourth-order valence-corrected chi connectivity index (χ4v) is 2.77. The van der Waals surface area contributed by atoms with E-state index in [1.54, 1.807) is 11.3 Å². The molecule has 2 rings (SSSR count). The molecule has 0 amide bonds. The summed E-state index contributed by atoms with van der Waals surface area (Å²) in [4.78, 5) is 10.5. The van der Waals surface area contributed by atoms with Crippen LogP contribution in [0.1, 0.15) is 6.92 Å². The first-order valence-corrected chi connectivity index (χ1v) is 6.95. The first-order valence-electron chi connectivity index (χ1n) is 5.02. The number of carboxylic acids is 1. The second-order valence-corrected chi connectivity index (χ2v) is 4.97. The first-order chi connectivity index (χ1) is 8.22. The van der Waals surface area contributed by atoms with Crippen molar-refractivity contribution in [1.82, 2.24) is 14.8 Å². The highest BCUT2D eigenvalue weighted by Gasteiger charge is 2.14. The van der Waals surface area contributed by atoms with Crippen LogP contribution in [0.15, 0.2) is 22.0 Å². The van der Waals surface area contributed by atoms with Gasteiger partial charge < -0.3 is 9.67 Å². The quantitative estimate of drug-likeness (QED) is 0.843. The molecule has 0 aromatic carbocycles. The van der Waals surface area contributed by atoms with Gasteiger partial charge in [-0.25, -0.2) is 0 Å². The van der Waals surface area contributed by atoms with Gasteiger partial charge in [0.1, 0.15) is 0 Å². The van der Waals surface area contributed by atoms with Gasteiger partial charge in [0.2, 0.25) is 0 Å². The largest absolute Gasteiger partial charge is 0.481 e. The lowest BCUT2D eigenvalue weighted by Crippen LogP contribution is -2.03. The molecule has 0 aliphatic rings. The smallest absolute Gasteiger partial charge is 0.313 e. The Labute approximate surface area is 106 Å². The molecule has 5 nitrogen and oxygen atoms in total. The van der Waals surface area contributed by atoms with Gasteiger partial charge in [-0.3, -0.25) is 4.79 Å². The number of aromatic nitrogens is 3. The van der Waals surface area contributed by atoms with Crippen LogP contribution in [0.2, 0.25) is 0 Å². The summed E-state index contributed by atoms with van der Waals surface area (Å²) in [5.41, 5.74) is 1.02. The van der Waals surface area contributed by atoms with Crippen molar-refractivity contribution in [1.29, 1.82) is 0 Å². The summed E-state index contributed by atoms with van der Waals surface area (Å²) in [7, 11) is 0. The maximum absolute atomic E-state index is 10.5. The molecule has 0 spiro atoms. The lowest BCUT2D eigenvalue weighted by Gasteiger charge is -2.04. The molecule has 7 heteroatoms. The summed E-state index contributed by atoms with van der Waals surface area (Å²) >= 11 is 2.79. The Morgan fingerprint density at radius 1 is 1.59 bits per heavy atom. The standard InChI is InChI=1S/C10H11N3O2S2/c1-2-13-9(7-3-4-16-5-7)11-12-10(13)17-6-8(14)15/h3-5H,2,6H2,1H3,(H,14,15). The van der Waals surface area contributed by atoms with Crippen LogP contribution in [-0.2, 0) is 11.3 Å². The zero-order valence-corrected chi connectivity index (χ0v) is 10.8. The summed E-state index contributed by atoms with van der Waals surface area (Å²) in [6, 6.07) is 1.98. The number of carbonyl (C=O) groups is 1. The number of carboxylic acid groups (broad SMARTS) is 1. The van der Waals surface area contributed by atoms with Crippen LogP contribution >= 0.6 is 23.1 Å². The maximum Gasteiger partial charge on any atom is 0.313 e. The van der Waals surface area contributed by atoms with Crippen molar-refractivity contribution in [3.8, 4) is 11.4 Å². The highest BCUT2D eigenvalue weighted by Crippen LogP contribution is 2.25. The fraction of sp³-hybridized carbons (Fsp3) is 0.300. The molecule has 0 bridgehead atoms. The molecule has 0 atom stereocenters. The average Bonchev–Trinajstić information content (AvgIpc) is 2.94. The Balaban J connectivity index is 2.27. The van der Waals surface area contributed by atoms with Crippen molar-refractivity contribution in [2.45, 2.75) is 18.6 Å². The zero-order valence-electron chi connectivity index (χ0n) is 9.16. The molecule has 0 saturated carbocycles. The predicted molar refractivity (Wildman–Crippen MR) is 67.4 cm³/mol. The second-order valence-electron chi connectivity index (χ2n) is 3.24. The van der Waals surface area contributed by atoms with Crippen LogP contribution in [0.25, 0.3) is 11.4 Å². The van der Waals surface area contributed by atoms with Gasteiger partial charge in [-0.1, -0.05) is 11.8 Å². The van der Waals surface area contributed by atoms with Gasteiger partial charge in [-0.15, -0.1) is 10.2 Å². The van der Waals surface area contributed by atoms with Crippen LogP contribution in [-0.4, -0.2) is 31.6 Å². The van der Waals surface area contributed by atoms with Crippen LogP contribution in [0.4, 0.5) is 0 Å². The minimum absolute atomic E-state index is 0.00176. The molecule has 2 aromatic heterocycles. The minimum atomic E-state index is -0.849. The van der Waals surface area contributed by atoms with E-state index in [2.05, 4.69) is 10.2 Å². The molecule has 2 heterocycles. The molecule has 0 radical (unpaired) electrons. The summed E-state index contributed by atoms with van der Waals surface area (Å²) in [5.74, 6) is -0.0544. The lowest BCUT2D eigenvalue weighted by molar-refractivity contribution is -0.133. The molecular weight excluding hydrogens is 258 g/mol. The van der Waals surface area contributed by atoms with E-state index in [0.29, 0.717) is 5.16 Å². The molecule has 1 N–H and O–H groups in total. The predicted octanol–water partition coefficient (Wildman–Crippen LogP) is 2.20. The van der Waals surface area contributed by atoms with Crippen LogP contribution in [0.3, 0.4) is 0 Å². The molecule has 0 aliphatic carbocycles. The molecule has 90 valence electrons. The molecule has 17 heavy (non-hydrogen) atoms. The van der Waals surface area contributed by atoms with Crippen molar-refractivity contribution in [2.24, 2.45) is 0 Å². The van der Waals surface area contributed by atoms with Gasteiger partial charge in [0, 0.05) is 17.5 Å². The summed E-state index contributed by atoms with van der Waals surface area (Å²) in [6.45, 7) is 2.71. The van der Waals surface area contributed by atoms with Gasteiger partial charge in [-0.2, -0.15) is 11.3 Å². The minimum Gasteiger partial charge on any atom is -0.481 e. The monoisotopic (exact) mass is 269 g/mol. The Bertz CT molecular complexity index is 508. The van der Waals surface area contributed by atoms with Crippen LogP contribution in [0, 0.1) is 0 Å². The summed E-state index contributed by atoms with van der Waals surface area (Å²) < 4.78 is 1.93. The number of aliphatic carboxylic acids is 1. The SMILES string of the molecule is CCn1c(SCC(=O)O)nnc1-c1ccsc1. The number of hydrogen-bond acceptors (Lipinski definition) is 5. The fourth-order valence-electron chi connectivity index (χ4n) is 1.41. The molecule has 0 fully saturated rings. The lowest BCUT2D eigenvalue weighted by atomic mass is 10.3. The van der Waals surface area contributed by atoms with Crippen molar-refractivity contribution >= 4 is 29.1 Å². The molecule has 0 unspecified atom stereocenters. The Kier molecular flexibility index (Phi) is 3.80. The van der Waals surface area contributed by atoms with Crippen LogP contribution < -0.4 is 0 Å². The van der Waals surface area contributed by atoms with E-state index in [1.165, 1.54) is 11.8 Å². The highest BCUT2D eigenvalue weighted by atomic mass is 32.2. The Morgan fingerprint density at radius 3 is 3.00 bits per heavy atom. The number of thiophene rings is 1. The maximum atomic E-state index is 10.5. The topological polar surface area (TPSA) is 68.0 Å². The third-order valence-electron chi connectivity index (χ3n) is 2.14.